The third kappa shape index (κ3) is 8.64. The van der Waals surface area contributed by atoms with Gasteiger partial charge in [0.1, 0.15) is 0 Å². The van der Waals surface area contributed by atoms with Gasteiger partial charge in [-0.1, -0.05) is 0 Å². The average Bonchev–Trinajstić information content (AvgIpc) is 2.15. The summed E-state index contributed by atoms with van der Waals surface area (Å²) in [5.41, 5.74) is -0.500. The molecule has 1 saturated heterocycles. The lowest BCUT2D eigenvalue weighted by atomic mass is 9.98. The van der Waals surface area contributed by atoms with Crippen LogP contribution < -0.4 is 0 Å². The van der Waals surface area contributed by atoms with E-state index in [1.807, 2.05) is 0 Å². The van der Waals surface area contributed by atoms with E-state index in [4.69, 9.17) is 10.3 Å². The first kappa shape index (κ1) is 15.3. The molecule has 96 valence electrons. The summed E-state index contributed by atoms with van der Waals surface area (Å²) in [5.74, 6) is -0.165. The molecule has 1 aliphatic heterocycles. The zero-order valence-corrected chi connectivity index (χ0v) is 10.6. The van der Waals surface area contributed by atoms with Gasteiger partial charge in [0.2, 0.25) is 0 Å². The summed E-state index contributed by atoms with van der Waals surface area (Å²) < 4.78 is 4.59. The number of hydrogen-bond acceptors (Lipinski definition) is 5. The highest BCUT2D eigenvalue weighted by Gasteiger charge is 2.24. The second-order valence-electron chi connectivity index (χ2n) is 4.92. The molecule has 1 heterocycles. The van der Waals surface area contributed by atoms with Gasteiger partial charge in [0.15, 0.2) is 0 Å². The van der Waals surface area contributed by atoms with Crippen molar-refractivity contribution in [1.29, 1.82) is 0 Å². The molecule has 5 heteroatoms. The van der Waals surface area contributed by atoms with Gasteiger partial charge in [0.05, 0.1) is 18.6 Å². The SMILES string of the molecule is CC(C)(C)O.COC(=O)C1CCN(O)CC1. The van der Waals surface area contributed by atoms with Crippen molar-refractivity contribution in [2.75, 3.05) is 20.2 Å². The Morgan fingerprint density at radius 2 is 1.69 bits per heavy atom. The number of hydroxylamine groups is 2. The molecule has 1 rings (SSSR count). The zero-order valence-electron chi connectivity index (χ0n) is 10.6. The molecule has 16 heavy (non-hydrogen) atoms. The zero-order chi connectivity index (χ0) is 12.8. The van der Waals surface area contributed by atoms with E-state index in [1.54, 1.807) is 20.8 Å². The second kappa shape index (κ2) is 6.83. The van der Waals surface area contributed by atoms with Crippen molar-refractivity contribution in [3.05, 3.63) is 0 Å². The van der Waals surface area contributed by atoms with E-state index in [2.05, 4.69) is 4.74 Å². The minimum atomic E-state index is -0.500. The maximum atomic E-state index is 11.0. The molecule has 0 radical (unpaired) electrons. The molecule has 2 N–H and O–H groups in total. The van der Waals surface area contributed by atoms with E-state index in [0.717, 1.165) is 0 Å². The van der Waals surface area contributed by atoms with Gasteiger partial charge in [-0.25, -0.2) is 0 Å². The molecular formula is C11H23NO4. The van der Waals surface area contributed by atoms with Gasteiger partial charge in [-0.05, 0) is 33.6 Å². The minimum absolute atomic E-state index is 0.0107. The first-order valence-electron chi connectivity index (χ1n) is 5.48. The summed E-state index contributed by atoms with van der Waals surface area (Å²) in [5, 5.41) is 18.7. The Morgan fingerprint density at radius 3 is 2.00 bits per heavy atom. The maximum absolute atomic E-state index is 11.0. The molecule has 0 aliphatic carbocycles. The maximum Gasteiger partial charge on any atom is 0.308 e. The van der Waals surface area contributed by atoms with Crippen molar-refractivity contribution in [3.63, 3.8) is 0 Å². The van der Waals surface area contributed by atoms with Crippen LogP contribution in [0.25, 0.3) is 0 Å². The third-order valence-corrected chi connectivity index (χ3v) is 2.01. The molecule has 1 fully saturated rings. The number of nitrogens with zero attached hydrogens (tertiary/aromatic N) is 1. The number of carbonyl (C=O) groups is 1. The first-order valence-corrected chi connectivity index (χ1v) is 5.48. The van der Waals surface area contributed by atoms with Gasteiger partial charge in [0, 0.05) is 13.1 Å². The van der Waals surface area contributed by atoms with Crippen molar-refractivity contribution in [3.8, 4) is 0 Å². The third-order valence-electron chi connectivity index (χ3n) is 2.01. The highest BCUT2D eigenvalue weighted by atomic mass is 16.5. The quantitative estimate of drug-likeness (QED) is 0.662. The monoisotopic (exact) mass is 233 g/mol. The van der Waals surface area contributed by atoms with Crippen molar-refractivity contribution in [2.45, 2.75) is 39.2 Å². The summed E-state index contributed by atoms with van der Waals surface area (Å²) in [7, 11) is 1.40. The van der Waals surface area contributed by atoms with Crippen LogP contribution >= 0.6 is 0 Å². The molecular weight excluding hydrogens is 210 g/mol. The Labute approximate surface area is 97.0 Å². The molecule has 5 nitrogen and oxygen atoms in total. The van der Waals surface area contributed by atoms with E-state index in [9.17, 15) is 4.79 Å². The number of ether oxygens (including phenoxy) is 1. The summed E-state index contributed by atoms with van der Waals surface area (Å²) >= 11 is 0. The molecule has 0 aromatic rings. The van der Waals surface area contributed by atoms with Crippen LogP contribution in [-0.2, 0) is 9.53 Å². The second-order valence-corrected chi connectivity index (χ2v) is 4.92. The Balaban J connectivity index is 0.000000385. The largest absolute Gasteiger partial charge is 0.469 e. The lowest BCUT2D eigenvalue weighted by Crippen LogP contribution is -2.34. The van der Waals surface area contributed by atoms with Crippen LogP contribution in [0.15, 0.2) is 0 Å². The van der Waals surface area contributed by atoms with Crippen molar-refractivity contribution in [2.24, 2.45) is 5.92 Å². The number of aliphatic hydroxyl groups is 1. The van der Waals surface area contributed by atoms with Gasteiger partial charge in [0.25, 0.3) is 0 Å². The number of hydrogen-bond donors (Lipinski definition) is 2. The van der Waals surface area contributed by atoms with Gasteiger partial charge >= 0.3 is 5.97 Å². The summed E-state index contributed by atoms with van der Waals surface area (Å²) in [6, 6.07) is 0. The Hall–Kier alpha value is -0.650. The average molecular weight is 233 g/mol. The predicted octanol–water partition coefficient (Wildman–Crippen LogP) is 1.04. The topological polar surface area (TPSA) is 70.0 Å². The Kier molecular flexibility index (Phi) is 6.55. The Bertz CT molecular complexity index is 199. The van der Waals surface area contributed by atoms with Crippen molar-refractivity contribution in [1.82, 2.24) is 5.06 Å². The number of esters is 1. The van der Waals surface area contributed by atoms with Crippen LogP contribution in [0.4, 0.5) is 0 Å². The van der Waals surface area contributed by atoms with Crippen LogP contribution in [0.1, 0.15) is 33.6 Å². The summed E-state index contributed by atoms with van der Waals surface area (Å²) in [4.78, 5) is 11.0. The van der Waals surface area contributed by atoms with E-state index < -0.39 is 5.60 Å². The fourth-order valence-corrected chi connectivity index (χ4v) is 1.27. The molecule has 0 aromatic heterocycles. The molecule has 0 atom stereocenters. The van der Waals surface area contributed by atoms with Crippen molar-refractivity contribution >= 4 is 5.97 Å². The molecule has 0 bridgehead atoms. The van der Waals surface area contributed by atoms with Crippen LogP contribution in [0.5, 0.6) is 0 Å². The van der Waals surface area contributed by atoms with Gasteiger partial charge < -0.3 is 15.1 Å². The van der Waals surface area contributed by atoms with Crippen LogP contribution in [0.2, 0.25) is 0 Å². The summed E-state index contributed by atoms with van der Waals surface area (Å²) in [6.07, 6.45) is 1.40. The molecule has 0 saturated carbocycles. The number of methoxy groups -OCH3 is 1. The van der Waals surface area contributed by atoms with Crippen LogP contribution in [0.3, 0.4) is 0 Å². The standard InChI is InChI=1S/C7H13NO3.C4H10O/c1-11-7(9)6-2-4-8(10)5-3-6;1-4(2,3)5/h6,10H,2-5H2,1H3;5H,1-3H3. The normalized spacial score (nSPS) is 18.6. The smallest absolute Gasteiger partial charge is 0.308 e. The lowest BCUT2D eigenvalue weighted by molar-refractivity contribution is -0.154. The highest BCUT2D eigenvalue weighted by molar-refractivity contribution is 5.72. The van der Waals surface area contributed by atoms with E-state index in [0.29, 0.717) is 25.9 Å². The molecule has 0 aromatic carbocycles. The van der Waals surface area contributed by atoms with E-state index >= 15 is 0 Å². The van der Waals surface area contributed by atoms with E-state index in [1.165, 1.54) is 12.2 Å². The van der Waals surface area contributed by atoms with Crippen molar-refractivity contribution < 1.29 is 19.8 Å². The molecule has 0 amide bonds. The molecule has 0 spiro atoms. The van der Waals surface area contributed by atoms with E-state index in [-0.39, 0.29) is 11.9 Å². The number of rotatable bonds is 1. The van der Waals surface area contributed by atoms with Gasteiger partial charge in [-0.15, -0.1) is 0 Å². The fraction of sp³-hybridized carbons (Fsp3) is 0.909. The highest BCUT2D eigenvalue weighted by Crippen LogP contribution is 2.16. The van der Waals surface area contributed by atoms with Crippen LogP contribution in [0, 0.1) is 5.92 Å². The fourth-order valence-electron chi connectivity index (χ4n) is 1.27. The number of carbonyl (C=O) groups excluding carboxylic acids is 1. The minimum Gasteiger partial charge on any atom is -0.469 e. The van der Waals surface area contributed by atoms with Crippen LogP contribution in [-0.4, -0.2) is 47.1 Å². The molecule has 0 unspecified atom stereocenters. The van der Waals surface area contributed by atoms with Gasteiger partial charge in [-0.2, -0.15) is 5.06 Å². The molecule has 1 aliphatic rings. The predicted molar refractivity (Wildman–Crippen MR) is 60.1 cm³/mol. The first-order chi connectivity index (χ1) is 7.24. The number of piperidine rings is 1. The summed E-state index contributed by atoms with van der Waals surface area (Å²) in [6.45, 7) is 6.37. The lowest BCUT2D eigenvalue weighted by Gasteiger charge is -2.25. The Morgan fingerprint density at radius 1 is 1.31 bits per heavy atom. The van der Waals surface area contributed by atoms with Gasteiger partial charge in [-0.3, -0.25) is 4.79 Å².